The van der Waals surface area contributed by atoms with Gasteiger partial charge in [-0.2, -0.15) is 0 Å². The van der Waals surface area contributed by atoms with Crippen LogP contribution in [-0.2, 0) is 19.1 Å². The van der Waals surface area contributed by atoms with Gasteiger partial charge in [-0.15, -0.1) is 0 Å². The van der Waals surface area contributed by atoms with Gasteiger partial charge in [0.25, 0.3) is 0 Å². The second kappa shape index (κ2) is 22.2. The Bertz CT molecular complexity index is 278. The predicted octanol–water partition coefficient (Wildman–Crippen LogP) is 4.66. The number of rotatable bonds is 17. The van der Waals surface area contributed by atoms with Crippen molar-refractivity contribution in [3.05, 3.63) is 0 Å². The maximum atomic E-state index is 11.5. The van der Waals surface area contributed by atoms with Crippen LogP contribution < -0.4 is 0 Å². The van der Waals surface area contributed by atoms with Crippen LogP contribution in [0.4, 0.5) is 0 Å². The standard InChI is InChI=1S/C20H38O4.Ca.2H/c1-3-5-7-9-11-13-17-23-19(21)15-16-20(22)24-18-14-12-10-8-6-4-2;;;/h3-18H2,1-2H3;;;. The minimum absolute atomic E-state index is 0. The van der Waals surface area contributed by atoms with Crippen molar-refractivity contribution in [3.8, 4) is 0 Å². The summed E-state index contributed by atoms with van der Waals surface area (Å²) in [4.78, 5) is 23.1. The number of ether oxygens (including phenoxy) is 2. The summed E-state index contributed by atoms with van der Waals surface area (Å²) in [6.45, 7) is 5.33. The molecule has 0 saturated carbocycles. The topological polar surface area (TPSA) is 52.6 Å². The van der Waals surface area contributed by atoms with Crippen molar-refractivity contribution in [2.75, 3.05) is 13.2 Å². The van der Waals surface area contributed by atoms with Gasteiger partial charge in [-0.25, -0.2) is 0 Å². The molecule has 0 radical (unpaired) electrons. The molecule has 0 bridgehead atoms. The molecular formula is C20H40CaO4. The number of hydrogen-bond acceptors (Lipinski definition) is 4. The molecule has 0 saturated heterocycles. The van der Waals surface area contributed by atoms with Crippen molar-refractivity contribution in [2.24, 2.45) is 0 Å². The van der Waals surface area contributed by atoms with Gasteiger partial charge in [0.1, 0.15) is 0 Å². The van der Waals surface area contributed by atoms with Gasteiger partial charge < -0.3 is 9.47 Å². The Labute approximate surface area is 184 Å². The molecule has 0 fully saturated rings. The van der Waals surface area contributed by atoms with Gasteiger partial charge in [-0.05, 0) is 12.8 Å². The molecule has 0 aromatic rings. The van der Waals surface area contributed by atoms with Crippen molar-refractivity contribution in [1.29, 1.82) is 0 Å². The van der Waals surface area contributed by atoms with E-state index in [2.05, 4.69) is 13.8 Å². The van der Waals surface area contributed by atoms with Gasteiger partial charge in [0.05, 0.1) is 26.1 Å². The Morgan fingerprint density at radius 2 is 0.880 bits per heavy atom. The molecular weight excluding hydrogens is 344 g/mol. The van der Waals surface area contributed by atoms with Crippen LogP contribution in [0.1, 0.15) is 104 Å². The van der Waals surface area contributed by atoms with E-state index in [1.165, 1.54) is 51.4 Å². The molecule has 0 aromatic heterocycles. The Morgan fingerprint density at radius 1 is 0.560 bits per heavy atom. The number of carbonyl (C=O) groups is 2. The third-order valence-electron chi connectivity index (χ3n) is 4.06. The summed E-state index contributed by atoms with van der Waals surface area (Å²) in [7, 11) is 0. The molecule has 25 heavy (non-hydrogen) atoms. The predicted molar refractivity (Wildman–Crippen MR) is 106 cm³/mol. The van der Waals surface area contributed by atoms with Gasteiger partial charge >= 0.3 is 49.7 Å². The summed E-state index contributed by atoms with van der Waals surface area (Å²) in [6, 6.07) is 0. The van der Waals surface area contributed by atoms with Crippen LogP contribution in [0.25, 0.3) is 0 Å². The van der Waals surface area contributed by atoms with Crippen LogP contribution in [0.5, 0.6) is 0 Å². The van der Waals surface area contributed by atoms with Crippen molar-refractivity contribution < 1.29 is 19.1 Å². The van der Waals surface area contributed by atoms with Crippen LogP contribution in [-0.4, -0.2) is 62.9 Å². The van der Waals surface area contributed by atoms with E-state index in [1.54, 1.807) is 0 Å². The van der Waals surface area contributed by atoms with E-state index in [9.17, 15) is 9.59 Å². The van der Waals surface area contributed by atoms with Crippen molar-refractivity contribution in [3.63, 3.8) is 0 Å². The third-order valence-corrected chi connectivity index (χ3v) is 4.06. The first-order valence-corrected chi connectivity index (χ1v) is 10.0. The Morgan fingerprint density at radius 3 is 1.24 bits per heavy atom. The van der Waals surface area contributed by atoms with Gasteiger partial charge in [0, 0.05) is 0 Å². The molecule has 0 unspecified atom stereocenters. The van der Waals surface area contributed by atoms with E-state index in [-0.39, 0.29) is 62.5 Å². The van der Waals surface area contributed by atoms with Crippen molar-refractivity contribution >= 4 is 49.7 Å². The average Bonchev–Trinajstić information content (AvgIpc) is 2.58. The summed E-state index contributed by atoms with van der Waals surface area (Å²) >= 11 is 0. The summed E-state index contributed by atoms with van der Waals surface area (Å²) in [6.07, 6.45) is 14.3. The fourth-order valence-electron chi connectivity index (χ4n) is 2.49. The average molecular weight is 385 g/mol. The van der Waals surface area contributed by atoms with Gasteiger partial charge in [-0.1, -0.05) is 78.1 Å². The van der Waals surface area contributed by atoms with Crippen molar-refractivity contribution in [1.82, 2.24) is 0 Å². The zero-order chi connectivity index (χ0) is 17.9. The Hall–Kier alpha value is 0.200. The van der Waals surface area contributed by atoms with Gasteiger partial charge in [-0.3, -0.25) is 9.59 Å². The molecule has 0 aliphatic rings. The normalized spacial score (nSPS) is 10.2. The van der Waals surface area contributed by atoms with E-state index < -0.39 is 0 Å². The molecule has 0 aliphatic carbocycles. The Balaban J connectivity index is 0. The molecule has 0 N–H and O–H groups in total. The molecule has 0 aromatic carbocycles. The van der Waals surface area contributed by atoms with Gasteiger partial charge in [0.15, 0.2) is 0 Å². The molecule has 0 aliphatic heterocycles. The summed E-state index contributed by atoms with van der Waals surface area (Å²) in [5.74, 6) is -0.583. The molecule has 0 amide bonds. The first-order valence-electron chi connectivity index (χ1n) is 10.0. The van der Waals surface area contributed by atoms with E-state index in [0.717, 1.165) is 25.7 Å². The summed E-state index contributed by atoms with van der Waals surface area (Å²) in [5, 5.41) is 0. The van der Waals surface area contributed by atoms with Crippen LogP contribution in [0.15, 0.2) is 0 Å². The fraction of sp³-hybridized carbons (Fsp3) is 0.900. The SMILES string of the molecule is CCCCCCCCOC(=O)CCC(=O)OCCCCCCCC.[CaH2]. The van der Waals surface area contributed by atoms with E-state index in [4.69, 9.17) is 9.47 Å². The first kappa shape index (κ1) is 27.4. The zero-order valence-corrected chi connectivity index (χ0v) is 15.9. The van der Waals surface area contributed by atoms with Crippen molar-refractivity contribution in [2.45, 2.75) is 104 Å². The van der Waals surface area contributed by atoms with E-state index in [0.29, 0.717) is 13.2 Å². The second-order valence-corrected chi connectivity index (χ2v) is 6.48. The number of carbonyl (C=O) groups excluding carboxylic acids is 2. The molecule has 0 rings (SSSR count). The molecule has 0 atom stereocenters. The third kappa shape index (κ3) is 22.2. The molecule has 0 heterocycles. The molecule has 0 spiro atoms. The molecule has 4 nitrogen and oxygen atoms in total. The van der Waals surface area contributed by atoms with Crippen LogP contribution in [0, 0.1) is 0 Å². The monoisotopic (exact) mass is 384 g/mol. The van der Waals surface area contributed by atoms with E-state index in [1.807, 2.05) is 0 Å². The summed E-state index contributed by atoms with van der Waals surface area (Å²) in [5.41, 5.74) is 0. The van der Waals surface area contributed by atoms with Crippen LogP contribution in [0.3, 0.4) is 0 Å². The molecule has 146 valence electrons. The van der Waals surface area contributed by atoms with E-state index >= 15 is 0 Å². The quantitative estimate of drug-likeness (QED) is 0.208. The summed E-state index contributed by atoms with van der Waals surface area (Å²) < 4.78 is 10.3. The number of esters is 2. The first-order chi connectivity index (χ1) is 11.7. The maximum absolute atomic E-state index is 11.5. The number of hydrogen-bond donors (Lipinski definition) is 0. The van der Waals surface area contributed by atoms with Crippen LogP contribution >= 0.6 is 0 Å². The second-order valence-electron chi connectivity index (χ2n) is 6.48. The number of unbranched alkanes of at least 4 members (excludes halogenated alkanes) is 10. The zero-order valence-electron chi connectivity index (χ0n) is 15.9. The minimum atomic E-state index is -0.292. The van der Waals surface area contributed by atoms with Crippen LogP contribution in [0.2, 0.25) is 0 Å². The molecule has 5 heteroatoms. The Kier molecular flexibility index (Phi) is 24.4. The van der Waals surface area contributed by atoms with Gasteiger partial charge in [0.2, 0.25) is 0 Å². The fourth-order valence-corrected chi connectivity index (χ4v) is 2.49.